The third-order valence-electron chi connectivity index (χ3n) is 6.43. The maximum Gasteiger partial charge on any atom is 0.277 e. The summed E-state index contributed by atoms with van der Waals surface area (Å²) in [5.41, 5.74) is 2.86. The molecule has 0 saturated heterocycles. The fourth-order valence-corrected chi connectivity index (χ4v) is 6.23. The van der Waals surface area contributed by atoms with Crippen LogP contribution in [0.3, 0.4) is 0 Å². The van der Waals surface area contributed by atoms with Gasteiger partial charge in [0.1, 0.15) is 11.1 Å². The lowest BCUT2D eigenvalue weighted by Crippen LogP contribution is -2.26. The number of nitrogens with zero attached hydrogens (tertiary/aromatic N) is 3. The van der Waals surface area contributed by atoms with E-state index in [0.717, 1.165) is 30.4 Å². The minimum Gasteiger partial charge on any atom is -0.493 e. The first-order valence-electron chi connectivity index (χ1n) is 11.7. The Morgan fingerprint density at radius 1 is 1.28 bits per heavy atom. The van der Waals surface area contributed by atoms with E-state index in [1.54, 1.807) is 14.2 Å². The SMILES string of the molecule is COc1ccc(Cc2nnc(SCC(=O)Nc3sc4c(c3C#N)CC[C@H](C(C)(C)C)C4)o2)cc1OC. The van der Waals surface area contributed by atoms with Gasteiger partial charge < -0.3 is 19.2 Å². The van der Waals surface area contributed by atoms with Crippen LogP contribution in [0.15, 0.2) is 27.8 Å². The van der Waals surface area contributed by atoms with Gasteiger partial charge in [-0.3, -0.25) is 4.79 Å². The van der Waals surface area contributed by atoms with Gasteiger partial charge in [-0.15, -0.1) is 21.5 Å². The molecule has 10 heteroatoms. The van der Waals surface area contributed by atoms with Crippen molar-refractivity contribution >= 4 is 34.0 Å². The average molecular weight is 527 g/mol. The van der Waals surface area contributed by atoms with Crippen LogP contribution in [0, 0.1) is 22.7 Å². The Morgan fingerprint density at radius 3 is 2.75 bits per heavy atom. The number of hydrogen-bond donors (Lipinski definition) is 1. The number of rotatable bonds is 8. The summed E-state index contributed by atoms with van der Waals surface area (Å²) in [7, 11) is 3.17. The Hall–Kier alpha value is -3.03. The zero-order valence-electron chi connectivity index (χ0n) is 21.1. The van der Waals surface area contributed by atoms with E-state index < -0.39 is 0 Å². The number of carbonyl (C=O) groups is 1. The third-order valence-corrected chi connectivity index (χ3v) is 8.42. The van der Waals surface area contributed by atoms with Gasteiger partial charge in [0.05, 0.1) is 32.0 Å². The second kappa shape index (κ2) is 10.9. The van der Waals surface area contributed by atoms with Crippen LogP contribution in [-0.4, -0.2) is 36.1 Å². The van der Waals surface area contributed by atoms with E-state index in [-0.39, 0.29) is 17.1 Å². The number of aromatic nitrogens is 2. The molecule has 190 valence electrons. The first-order valence-corrected chi connectivity index (χ1v) is 13.5. The summed E-state index contributed by atoms with van der Waals surface area (Å²) in [6, 6.07) is 7.90. The number of amides is 1. The van der Waals surface area contributed by atoms with Gasteiger partial charge in [0.25, 0.3) is 5.22 Å². The van der Waals surface area contributed by atoms with Gasteiger partial charge in [-0.05, 0) is 53.9 Å². The number of hydrogen-bond acceptors (Lipinski definition) is 9. The van der Waals surface area contributed by atoms with E-state index in [1.165, 1.54) is 28.0 Å². The quantitative estimate of drug-likeness (QED) is 0.384. The number of thioether (sulfide) groups is 1. The van der Waals surface area contributed by atoms with E-state index in [2.05, 4.69) is 42.4 Å². The predicted octanol–water partition coefficient (Wildman–Crippen LogP) is 5.49. The van der Waals surface area contributed by atoms with E-state index in [1.807, 2.05) is 18.2 Å². The molecule has 3 aromatic rings. The molecule has 1 aliphatic rings. The van der Waals surface area contributed by atoms with Gasteiger partial charge in [-0.2, -0.15) is 5.26 Å². The number of carbonyl (C=O) groups excluding carboxylic acids is 1. The Balaban J connectivity index is 1.35. The molecule has 1 N–H and O–H groups in total. The molecule has 1 amide bonds. The van der Waals surface area contributed by atoms with Crippen LogP contribution in [0.2, 0.25) is 0 Å². The number of methoxy groups -OCH3 is 2. The van der Waals surface area contributed by atoms with E-state index in [4.69, 9.17) is 13.9 Å². The molecule has 0 saturated carbocycles. The molecule has 2 aromatic heterocycles. The highest BCUT2D eigenvalue weighted by Gasteiger charge is 2.32. The maximum absolute atomic E-state index is 12.7. The molecule has 0 unspecified atom stereocenters. The van der Waals surface area contributed by atoms with Crippen LogP contribution in [0.5, 0.6) is 11.5 Å². The fraction of sp³-hybridized carbons (Fsp3) is 0.462. The average Bonchev–Trinajstić information content (AvgIpc) is 3.44. The lowest BCUT2D eigenvalue weighted by atomic mass is 9.72. The molecule has 0 spiro atoms. The number of anilines is 1. The Bertz CT molecular complexity index is 1290. The summed E-state index contributed by atoms with van der Waals surface area (Å²) in [4.78, 5) is 13.9. The van der Waals surface area contributed by atoms with Gasteiger partial charge in [-0.1, -0.05) is 38.6 Å². The zero-order chi connectivity index (χ0) is 25.9. The topological polar surface area (TPSA) is 110 Å². The van der Waals surface area contributed by atoms with Crippen molar-refractivity contribution in [1.82, 2.24) is 10.2 Å². The Morgan fingerprint density at radius 2 is 2.06 bits per heavy atom. The van der Waals surface area contributed by atoms with Gasteiger partial charge in [0.2, 0.25) is 11.8 Å². The molecular formula is C26H30N4O4S2. The van der Waals surface area contributed by atoms with Crippen molar-refractivity contribution in [2.24, 2.45) is 11.3 Å². The summed E-state index contributed by atoms with van der Waals surface area (Å²) in [6.07, 6.45) is 3.33. The number of ether oxygens (including phenoxy) is 2. The second-order valence-corrected chi connectivity index (χ2v) is 11.8. The molecule has 2 heterocycles. The summed E-state index contributed by atoms with van der Waals surface area (Å²) in [6.45, 7) is 6.79. The summed E-state index contributed by atoms with van der Waals surface area (Å²) >= 11 is 2.70. The van der Waals surface area contributed by atoms with Crippen molar-refractivity contribution in [1.29, 1.82) is 5.26 Å². The molecule has 1 atom stereocenters. The number of fused-ring (bicyclic) bond motifs is 1. The molecular weight excluding hydrogens is 496 g/mol. The molecule has 1 aliphatic carbocycles. The van der Waals surface area contributed by atoms with Crippen LogP contribution in [-0.2, 0) is 24.1 Å². The van der Waals surface area contributed by atoms with Crippen molar-refractivity contribution in [3.63, 3.8) is 0 Å². The van der Waals surface area contributed by atoms with Crippen LogP contribution in [0.25, 0.3) is 0 Å². The lowest BCUT2D eigenvalue weighted by Gasteiger charge is -2.33. The predicted molar refractivity (Wildman–Crippen MR) is 140 cm³/mol. The zero-order valence-corrected chi connectivity index (χ0v) is 22.8. The van der Waals surface area contributed by atoms with Gasteiger partial charge in [0, 0.05) is 4.88 Å². The summed E-state index contributed by atoms with van der Waals surface area (Å²) < 4.78 is 16.3. The Kier molecular flexibility index (Phi) is 7.91. The third kappa shape index (κ3) is 5.85. The van der Waals surface area contributed by atoms with Crippen molar-refractivity contribution < 1.29 is 18.7 Å². The first-order chi connectivity index (χ1) is 17.2. The minimum absolute atomic E-state index is 0.107. The second-order valence-electron chi connectivity index (χ2n) is 9.79. The number of nitriles is 1. The maximum atomic E-state index is 12.7. The van der Waals surface area contributed by atoms with E-state index in [9.17, 15) is 10.1 Å². The molecule has 0 bridgehead atoms. The number of thiophene rings is 1. The van der Waals surface area contributed by atoms with Crippen LogP contribution < -0.4 is 14.8 Å². The molecule has 0 fully saturated rings. The van der Waals surface area contributed by atoms with Crippen LogP contribution in [0.1, 0.15) is 54.7 Å². The molecule has 1 aromatic carbocycles. The van der Waals surface area contributed by atoms with Gasteiger partial charge >= 0.3 is 0 Å². The lowest BCUT2D eigenvalue weighted by molar-refractivity contribution is -0.113. The van der Waals surface area contributed by atoms with Crippen molar-refractivity contribution in [2.45, 2.75) is 51.7 Å². The molecule has 4 rings (SSSR count). The largest absolute Gasteiger partial charge is 0.493 e. The molecule has 0 aliphatic heterocycles. The van der Waals surface area contributed by atoms with E-state index >= 15 is 0 Å². The normalized spacial score (nSPS) is 15.2. The fourth-order valence-electron chi connectivity index (χ4n) is 4.35. The first kappa shape index (κ1) is 26.0. The minimum atomic E-state index is -0.206. The highest BCUT2D eigenvalue weighted by Crippen LogP contribution is 2.44. The standard InChI is InChI=1S/C26H30N4O4S2/c1-26(2,3)16-7-8-17-18(13-27)24(36-21(17)12-16)28-22(31)14-35-25-30-29-23(34-25)11-15-6-9-19(32-4)20(10-15)33-5/h6,9-10,16H,7-8,11-12,14H2,1-5H3,(H,28,31)/t16-/m0/s1. The summed E-state index contributed by atoms with van der Waals surface area (Å²) in [5.74, 6) is 2.19. The molecule has 8 nitrogen and oxygen atoms in total. The van der Waals surface area contributed by atoms with Gasteiger partial charge in [-0.25, -0.2) is 0 Å². The van der Waals surface area contributed by atoms with Crippen molar-refractivity contribution in [3.8, 4) is 17.6 Å². The Labute approximate surface area is 219 Å². The highest BCUT2D eigenvalue weighted by atomic mass is 32.2. The molecule has 0 radical (unpaired) electrons. The monoisotopic (exact) mass is 526 g/mol. The van der Waals surface area contributed by atoms with Crippen LogP contribution >= 0.6 is 23.1 Å². The highest BCUT2D eigenvalue weighted by molar-refractivity contribution is 7.99. The number of benzene rings is 1. The van der Waals surface area contributed by atoms with Crippen molar-refractivity contribution in [3.05, 3.63) is 45.7 Å². The van der Waals surface area contributed by atoms with Crippen molar-refractivity contribution in [2.75, 3.05) is 25.3 Å². The van der Waals surface area contributed by atoms with Crippen LogP contribution in [0.4, 0.5) is 5.00 Å². The smallest absolute Gasteiger partial charge is 0.277 e. The summed E-state index contributed by atoms with van der Waals surface area (Å²) in [5, 5.41) is 21.8. The van der Waals surface area contributed by atoms with Gasteiger partial charge in [0.15, 0.2) is 11.5 Å². The molecule has 36 heavy (non-hydrogen) atoms. The number of nitrogens with one attached hydrogen (secondary N) is 1. The van der Waals surface area contributed by atoms with E-state index in [0.29, 0.717) is 45.5 Å².